The Labute approximate surface area is 102 Å². The van der Waals surface area contributed by atoms with Crippen molar-refractivity contribution < 1.29 is 4.42 Å². The van der Waals surface area contributed by atoms with Crippen LogP contribution in [0.15, 0.2) is 47.1 Å². The van der Waals surface area contributed by atoms with Crippen LogP contribution in [0.2, 0.25) is 0 Å². The Morgan fingerprint density at radius 3 is 2.60 bits per heavy atom. The Bertz CT molecular complexity index is 428. The van der Waals surface area contributed by atoms with Gasteiger partial charge in [0.2, 0.25) is 0 Å². The number of rotatable bonds is 3. The molecule has 0 amide bonds. The van der Waals surface area contributed by atoms with E-state index in [-0.39, 0.29) is 6.04 Å². The van der Waals surface area contributed by atoms with Crippen LogP contribution in [-0.4, -0.2) is 0 Å². The van der Waals surface area contributed by atoms with Crippen molar-refractivity contribution in [3.63, 3.8) is 0 Å². The summed E-state index contributed by atoms with van der Waals surface area (Å²) >= 11 is 2.29. The second-order valence-corrected chi connectivity index (χ2v) is 4.30. The fourth-order valence-corrected chi connectivity index (χ4v) is 2.19. The van der Waals surface area contributed by atoms with E-state index in [1.165, 1.54) is 0 Å². The monoisotopic (exact) mass is 314 g/mol. The number of halogens is 1. The molecule has 0 saturated carbocycles. The summed E-state index contributed by atoms with van der Waals surface area (Å²) < 4.78 is 6.51. The molecular formula is C11H11IN2O. The minimum absolute atomic E-state index is 0.0897. The van der Waals surface area contributed by atoms with Crippen LogP contribution in [0, 0.1) is 3.57 Å². The van der Waals surface area contributed by atoms with Crippen molar-refractivity contribution in [2.75, 3.05) is 0 Å². The minimum atomic E-state index is -0.0897. The van der Waals surface area contributed by atoms with Crippen molar-refractivity contribution in [3.8, 4) is 0 Å². The van der Waals surface area contributed by atoms with E-state index in [9.17, 15) is 0 Å². The number of hydrogen-bond donors (Lipinski definition) is 2. The first-order valence-electron chi connectivity index (χ1n) is 4.57. The summed E-state index contributed by atoms with van der Waals surface area (Å²) in [5.41, 5.74) is 3.88. The average Bonchev–Trinajstić information content (AvgIpc) is 2.75. The normalized spacial score (nSPS) is 12.7. The van der Waals surface area contributed by atoms with Crippen LogP contribution in [0.3, 0.4) is 0 Å². The van der Waals surface area contributed by atoms with Crippen LogP contribution in [-0.2, 0) is 0 Å². The SMILES string of the molecule is NNC(c1ccco1)c1ccccc1I. The zero-order valence-electron chi connectivity index (χ0n) is 7.98. The molecule has 0 aliphatic heterocycles. The van der Waals surface area contributed by atoms with Gasteiger partial charge in [-0.1, -0.05) is 18.2 Å². The molecule has 0 aliphatic rings. The topological polar surface area (TPSA) is 51.2 Å². The molecule has 0 bridgehead atoms. The van der Waals surface area contributed by atoms with Crippen LogP contribution in [0.5, 0.6) is 0 Å². The first-order valence-corrected chi connectivity index (χ1v) is 5.64. The molecule has 78 valence electrons. The van der Waals surface area contributed by atoms with Crippen molar-refractivity contribution in [3.05, 3.63) is 57.6 Å². The number of nitrogens with one attached hydrogen (secondary N) is 1. The van der Waals surface area contributed by atoms with Crippen molar-refractivity contribution in [1.29, 1.82) is 0 Å². The first kappa shape index (κ1) is 10.7. The third-order valence-electron chi connectivity index (χ3n) is 2.21. The maximum absolute atomic E-state index is 5.55. The van der Waals surface area contributed by atoms with Gasteiger partial charge < -0.3 is 4.42 Å². The molecule has 0 spiro atoms. The van der Waals surface area contributed by atoms with E-state index in [4.69, 9.17) is 10.3 Å². The highest BCUT2D eigenvalue weighted by Gasteiger charge is 2.16. The second kappa shape index (κ2) is 4.78. The third kappa shape index (κ3) is 2.22. The van der Waals surface area contributed by atoms with Crippen molar-refractivity contribution in [2.45, 2.75) is 6.04 Å². The molecule has 1 atom stereocenters. The highest BCUT2D eigenvalue weighted by Crippen LogP contribution is 2.25. The highest BCUT2D eigenvalue weighted by atomic mass is 127. The maximum Gasteiger partial charge on any atom is 0.126 e. The lowest BCUT2D eigenvalue weighted by Crippen LogP contribution is -2.29. The summed E-state index contributed by atoms with van der Waals surface area (Å²) in [5.74, 6) is 6.37. The van der Waals surface area contributed by atoms with Gasteiger partial charge in [-0.05, 0) is 46.4 Å². The summed E-state index contributed by atoms with van der Waals surface area (Å²) in [5, 5.41) is 0. The summed E-state index contributed by atoms with van der Waals surface area (Å²) in [4.78, 5) is 0. The molecule has 15 heavy (non-hydrogen) atoms. The van der Waals surface area contributed by atoms with Gasteiger partial charge in [-0.25, -0.2) is 5.43 Å². The average molecular weight is 314 g/mol. The molecule has 3 N–H and O–H groups in total. The Kier molecular flexibility index (Phi) is 3.40. The van der Waals surface area contributed by atoms with E-state index in [1.54, 1.807) is 6.26 Å². The van der Waals surface area contributed by atoms with Gasteiger partial charge in [0.1, 0.15) is 11.8 Å². The first-order chi connectivity index (χ1) is 7.33. The number of benzene rings is 1. The van der Waals surface area contributed by atoms with Gasteiger partial charge >= 0.3 is 0 Å². The predicted molar refractivity (Wildman–Crippen MR) is 67.0 cm³/mol. The van der Waals surface area contributed by atoms with Crippen molar-refractivity contribution in [2.24, 2.45) is 5.84 Å². The molecule has 0 fully saturated rings. The Morgan fingerprint density at radius 2 is 2.00 bits per heavy atom. The zero-order chi connectivity index (χ0) is 10.7. The van der Waals surface area contributed by atoms with E-state index in [0.29, 0.717) is 0 Å². The van der Waals surface area contributed by atoms with Gasteiger partial charge in [0.05, 0.1) is 6.26 Å². The Morgan fingerprint density at radius 1 is 1.20 bits per heavy atom. The molecular weight excluding hydrogens is 303 g/mol. The van der Waals surface area contributed by atoms with Crippen LogP contribution >= 0.6 is 22.6 Å². The van der Waals surface area contributed by atoms with Gasteiger partial charge in [0.25, 0.3) is 0 Å². The third-order valence-corrected chi connectivity index (χ3v) is 3.19. The Hall–Kier alpha value is -0.850. The lowest BCUT2D eigenvalue weighted by Gasteiger charge is -2.15. The molecule has 2 aromatic rings. The van der Waals surface area contributed by atoms with E-state index >= 15 is 0 Å². The number of nitrogens with two attached hydrogens (primary N) is 1. The quantitative estimate of drug-likeness (QED) is 0.520. The Balaban J connectivity index is 2.40. The summed E-state index contributed by atoms with van der Waals surface area (Å²) in [6.45, 7) is 0. The maximum atomic E-state index is 5.55. The predicted octanol–water partition coefficient (Wildman–Crippen LogP) is 2.44. The molecule has 4 heteroatoms. The van der Waals surface area contributed by atoms with E-state index in [1.807, 2.05) is 36.4 Å². The molecule has 0 saturated heterocycles. The van der Waals surface area contributed by atoms with Gasteiger partial charge in [0, 0.05) is 3.57 Å². The number of hydrazine groups is 1. The standard InChI is InChI=1S/C11H11IN2O/c12-9-5-2-1-4-8(9)11(14-13)10-6-3-7-15-10/h1-7,11,14H,13H2. The molecule has 3 nitrogen and oxygen atoms in total. The minimum Gasteiger partial charge on any atom is -0.467 e. The van der Waals surface area contributed by atoms with Crippen LogP contribution in [0.25, 0.3) is 0 Å². The van der Waals surface area contributed by atoms with Crippen LogP contribution < -0.4 is 11.3 Å². The van der Waals surface area contributed by atoms with Crippen molar-refractivity contribution >= 4 is 22.6 Å². The lowest BCUT2D eigenvalue weighted by molar-refractivity contribution is 0.451. The largest absolute Gasteiger partial charge is 0.467 e. The smallest absolute Gasteiger partial charge is 0.126 e. The van der Waals surface area contributed by atoms with Crippen LogP contribution in [0.1, 0.15) is 17.4 Å². The number of furan rings is 1. The van der Waals surface area contributed by atoms with E-state index < -0.39 is 0 Å². The molecule has 2 rings (SSSR count). The molecule has 1 unspecified atom stereocenters. The van der Waals surface area contributed by atoms with Crippen LogP contribution in [0.4, 0.5) is 0 Å². The van der Waals surface area contributed by atoms with Gasteiger partial charge in [-0.3, -0.25) is 5.84 Å². The fourth-order valence-electron chi connectivity index (χ4n) is 1.49. The van der Waals surface area contributed by atoms with E-state index in [2.05, 4.69) is 28.0 Å². The summed E-state index contributed by atoms with van der Waals surface area (Å²) in [6, 6.07) is 11.8. The highest BCUT2D eigenvalue weighted by molar-refractivity contribution is 14.1. The van der Waals surface area contributed by atoms with E-state index in [0.717, 1.165) is 14.9 Å². The molecule has 1 aromatic heterocycles. The lowest BCUT2D eigenvalue weighted by atomic mass is 10.1. The number of hydrogen-bond acceptors (Lipinski definition) is 3. The fraction of sp³-hybridized carbons (Fsp3) is 0.0909. The molecule has 1 aromatic carbocycles. The summed E-state index contributed by atoms with van der Waals surface area (Å²) in [6.07, 6.45) is 1.65. The molecule has 0 aliphatic carbocycles. The zero-order valence-corrected chi connectivity index (χ0v) is 10.1. The van der Waals surface area contributed by atoms with Gasteiger partial charge in [-0.2, -0.15) is 0 Å². The van der Waals surface area contributed by atoms with Crippen molar-refractivity contribution in [1.82, 2.24) is 5.43 Å². The molecule has 0 radical (unpaired) electrons. The molecule has 1 heterocycles. The second-order valence-electron chi connectivity index (χ2n) is 3.14. The van der Waals surface area contributed by atoms with Gasteiger partial charge in [-0.15, -0.1) is 0 Å². The van der Waals surface area contributed by atoms with Gasteiger partial charge in [0.15, 0.2) is 0 Å². The summed E-state index contributed by atoms with van der Waals surface area (Å²) in [7, 11) is 0.